The largest absolute Gasteiger partial charge is 0.348 e. The Morgan fingerprint density at radius 3 is 2.34 bits per heavy atom. The second kappa shape index (κ2) is 9.18. The Hall–Kier alpha value is -2.73. The van der Waals surface area contributed by atoms with Crippen molar-refractivity contribution < 1.29 is 13.2 Å². The maximum Gasteiger partial charge on any atom is 0.244 e. The summed E-state index contributed by atoms with van der Waals surface area (Å²) >= 11 is 0. The summed E-state index contributed by atoms with van der Waals surface area (Å²) in [5.74, 6) is -0.0903. The summed E-state index contributed by atoms with van der Waals surface area (Å²) in [6.45, 7) is 3.64. The molecule has 0 aliphatic carbocycles. The van der Waals surface area contributed by atoms with Crippen LogP contribution in [0.15, 0.2) is 59.5 Å². The molecule has 2 aromatic carbocycles. The number of benzene rings is 2. The van der Waals surface area contributed by atoms with E-state index in [1.54, 1.807) is 12.1 Å². The molecule has 0 bridgehead atoms. The van der Waals surface area contributed by atoms with Gasteiger partial charge < -0.3 is 5.32 Å². The van der Waals surface area contributed by atoms with Crippen LogP contribution in [0.2, 0.25) is 0 Å². The zero-order valence-electron chi connectivity index (χ0n) is 16.3. The first-order valence-electron chi connectivity index (χ1n) is 9.48. The Labute approximate surface area is 171 Å². The molecule has 0 aromatic heterocycles. The van der Waals surface area contributed by atoms with E-state index in [4.69, 9.17) is 0 Å². The molecule has 3 rings (SSSR count). The third-order valence-electron chi connectivity index (χ3n) is 5.00. The number of hydrogen-bond donors (Lipinski definition) is 1. The van der Waals surface area contributed by atoms with Crippen molar-refractivity contribution >= 4 is 15.9 Å². The highest BCUT2D eigenvalue weighted by Gasteiger charge is 2.30. The molecule has 29 heavy (non-hydrogen) atoms. The van der Waals surface area contributed by atoms with E-state index >= 15 is 0 Å². The van der Waals surface area contributed by atoms with E-state index in [0.29, 0.717) is 13.1 Å². The Balaban J connectivity index is 1.55. The van der Waals surface area contributed by atoms with Crippen molar-refractivity contribution in [2.75, 3.05) is 32.7 Å². The van der Waals surface area contributed by atoms with Gasteiger partial charge in [0, 0.05) is 26.2 Å². The van der Waals surface area contributed by atoms with Crippen LogP contribution in [-0.2, 0) is 14.8 Å². The zero-order chi connectivity index (χ0) is 20.9. The normalized spacial score (nSPS) is 16.7. The molecule has 0 unspecified atom stereocenters. The number of hydrogen-bond acceptors (Lipinski definition) is 5. The minimum Gasteiger partial charge on any atom is -0.348 e. The Bertz CT molecular complexity index is 994. The summed E-state index contributed by atoms with van der Waals surface area (Å²) in [6.07, 6.45) is 0. The van der Waals surface area contributed by atoms with Gasteiger partial charge in [-0.2, -0.15) is 9.57 Å². The first-order valence-corrected chi connectivity index (χ1v) is 10.9. The molecule has 152 valence electrons. The molecule has 1 saturated heterocycles. The van der Waals surface area contributed by atoms with Crippen LogP contribution in [-0.4, -0.2) is 56.3 Å². The Morgan fingerprint density at radius 2 is 1.69 bits per heavy atom. The minimum absolute atomic E-state index is 0.0328. The fraction of sp³-hybridized carbons (Fsp3) is 0.333. The fourth-order valence-electron chi connectivity index (χ4n) is 3.37. The lowest BCUT2D eigenvalue weighted by Gasteiger charge is -2.33. The lowest BCUT2D eigenvalue weighted by atomic mass is 10.1. The van der Waals surface area contributed by atoms with Gasteiger partial charge in [-0.05, 0) is 24.6 Å². The van der Waals surface area contributed by atoms with Crippen molar-refractivity contribution in [1.82, 2.24) is 14.5 Å². The van der Waals surface area contributed by atoms with Gasteiger partial charge in [0.2, 0.25) is 15.9 Å². The number of nitriles is 1. The van der Waals surface area contributed by atoms with Gasteiger partial charge in [0.15, 0.2) is 0 Å². The van der Waals surface area contributed by atoms with Crippen molar-refractivity contribution in [3.05, 3.63) is 65.7 Å². The molecule has 0 spiro atoms. The Kier molecular flexibility index (Phi) is 6.64. The molecule has 1 fully saturated rings. The summed E-state index contributed by atoms with van der Waals surface area (Å²) in [5.41, 5.74) is 1.18. The molecule has 7 nitrogen and oxygen atoms in total. The average Bonchev–Trinajstić information content (AvgIpc) is 2.74. The molecule has 0 radical (unpaired) electrons. The van der Waals surface area contributed by atoms with Gasteiger partial charge in [-0.1, -0.05) is 42.5 Å². The predicted molar refractivity (Wildman–Crippen MR) is 109 cm³/mol. The van der Waals surface area contributed by atoms with E-state index in [1.807, 2.05) is 48.2 Å². The van der Waals surface area contributed by atoms with Gasteiger partial charge in [-0.25, -0.2) is 8.42 Å². The molecular formula is C21H24N4O3S. The van der Waals surface area contributed by atoms with Crippen molar-refractivity contribution in [2.45, 2.75) is 17.9 Å². The SMILES string of the molecule is C[C@@H](NC(=O)CN1CCN(S(=O)(=O)c2ccccc2C#N)CC1)c1ccccc1. The van der Waals surface area contributed by atoms with E-state index in [2.05, 4.69) is 5.32 Å². The van der Waals surface area contributed by atoms with Crippen molar-refractivity contribution in [1.29, 1.82) is 5.26 Å². The first kappa shape index (κ1) is 21.0. The van der Waals surface area contributed by atoms with E-state index < -0.39 is 10.0 Å². The summed E-state index contributed by atoms with van der Waals surface area (Å²) in [4.78, 5) is 14.3. The number of piperazine rings is 1. The molecule has 8 heteroatoms. The van der Waals surface area contributed by atoms with Crippen molar-refractivity contribution in [2.24, 2.45) is 0 Å². The second-order valence-electron chi connectivity index (χ2n) is 6.99. The number of carbonyl (C=O) groups excluding carboxylic acids is 1. The van der Waals surface area contributed by atoms with Gasteiger partial charge in [0.05, 0.1) is 23.0 Å². The van der Waals surface area contributed by atoms with E-state index in [-0.39, 0.29) is 42.0 Å². The highest BCUT2D eigenvalue weighted by Crippen LogP contribution is 2.21. The monoisotopic (exact) mass is 412 g/mol. The van der Waals surface area contributed by atoms with Crippen LogP contribution in [0.25, 0.3) is 0 Å². The lowest BCUT2D eigenvalue weighted by molar-refractivity contribution is -0.123. The molecule has 1 atom stereocenters. The molecule has 1 heterocycles. The van der Waals surface area contributed by atoms with Gasteiger partial charge in [0.1, 0.15) is 6.07 Å². The maximum atomic E-state index is 12.9. The van der Waals surface area contributed by atoms with Crippen LogP contribution < -0.4 is 5.32 Å². The topological polar surface area (TPSA) is 93.5 Å². The fourth-order valence-corrected chi connectivity index (χ4v) is 4.93. The first-order chi connectivity index (χ1) is 13.9. The molecule has 1 N–H and O–H groups in total. The van der Waals surface area contributed by atoms with Gasteiger partial charge >= 0.3 is 0 Å². The van der Waals surface area contributed by atoms with Crippen LogP contribution in [0.3, 0.4) is 0 Å². The van der Waals surface area contributed by atoms with Gasteiger partial charge in [-0.3, -0.25) is 9.69 Å². The average molecular weight is 413 g/mol. The molecule has 0 saturated carbocycles. The number of amides is 1. The van der Waals surface area contributed by atoms with Crippen LogP contribution >= 0.6 is 0 Å². The van der Waals surface area contributed by atoms with E-state index in [0.717, 1.165) is 5.56 Å². The number of rotatable bonds is 6. The number of nitrogens with one attached hydrogen (secondary N) is 1. The van der Waals surface area contributed by atoms with Crippen LogP contribution in [0.4, 0.5) is 0 Å². The number of nitrogens with zero attached hydrogens (tertiary/aromatic N) is 3. The predicted octanol–water partition coefficient (Wildman–Crippen LogP) is 1.74. The third-order valence-corrected chi connectivity index (χ3v) is 6.96. The van der Waals surface area contributed by atoms with E-state index in [9.17, 15) is 18.5 Å². The maximum absolute atomic E-state index is 12.9. The van der Waals surface area contributed by atoms with Crippen LogP contribution in [0.1, 0.15) is 24.1 Å². The number of carbonyl (C=O) groups is 1. The summed E-state index contributed by atoms with van der Waals surface area (Å²) < 4.78 is 27.1. The van der Waals surface area contributed by atoms with E-state index in [1.165, 1.54) is 16.4 Å². The highest BCUT2D eigenvalue weighted by atomic mass is 32.2. The van der Waals surface area contributed by atoms with Crippen molar-refractivity contribution in [3.63, 3.8) is 0 Å². The highest BCUT2D eigenvalue weighted by molar-refractivity contribution is 7.89. The van der Waals surface area contributed by atoms with Crippen LogP contribution in [0, 0.1) is 11.3 Å². The smallest absolute Gasteiger partial charge is 0.244 e. The lowest BCUT2D eigenvalue weighted by Crippen LogP contribution is -2.51. The zero-order valence-corrected chi connectivity index (χ0v) is 17.1. The quantitative estimate of drug-likeness (QED) is 0.780. The molecule has 2 aromatic rings. The molecule has 1 aliphatic heterocycles. The third kappa shape index (κ3) is 5.01. The standard InChI is InChI=1S/C21H24N4O3S/c1-17(18-7-3-2-4-8-18)23-21(26)16-24-11-13-25(14-12-24)29(27,28)20-10-6-5-9-19(20)15-22/h2-10,17H,11-14,16H2,1H3,(H,23,26)/t17-/m1/s1. The summed E-state index contributed by atoms with van der Waals surface area (Å²) in [7, 11) is -3.73. The number of sulfonamides is 1. The summed E-state index contributed by atoms with van der Waals surface area (Å²) in [6, 6.07) is 17.8. The van der Waals surface area contributed by atoms with Crippen molar-refractivity contribution in [3.8, 4) is 6.07 Å². The van der Waals surface area contributed by atoms with Gasteiger partial charge in [-0.15, -0.1) is 0 Å². The van der Waals surface area contributed by atoms with Crippen LogP contribution in [0.5, 0.6) is 0 Å². The molecule has 1 amide bonds. The van der Waals surface area contributed by atoms with Gasteiger partial charge in [0.25, 0.3) is 0 Å². The molecular weight excluding hydrogens is 388 g/mol. The Morgan fingerprint density at radius 1 is 1.07 bits per heavy atom. The second-order valence-corrected chi connectivity index (χ2v) is 8.89. The molecule has 1 aliphatic rings. The summed E-state index contributed by atoms with van der Waals surface area (Å²) in [5, 5.41) is 12.2. The minimum atomic E-state index is -3.73.